The van der Waals surface area contributed by atoms with Crippen LogP contribution in [0.15, 0.2) is 35.3 Å². The molecular formula is C21H28N2O5. The number of carbonyl (C=O) groups is 1. The van der Waals surface area contributed by atoms with Crippen molar-refractivity contribution in [2.75, 3.05) is 19.8 Å². The van der Waals surface area contributed by atoms with Crippen molar-refractivity contribution in [3.63, 3.8) is 0 Å². The van der Waals surface area contributed by atoms with Crippen molar-refractivity contribution in [2.45, 2.75) is 50.2 Å². The first-order chi connectivity index (χ1) is 13.5. The number of nitrogens with zero attached hydrogens (tertiary/aromatic N) is 1. The Morgan fingerprint density at radius 1 is 1.07 bits per heavy atom. The first kappa shape index (κ1) is 20.5. The molecule has 0 bridgehead atoms. The smallest absolute Gasteiger partial charge is 0.258 e. The lowest BCUT2D eigenvalue weighted by atomic mass is 9.94. The average Bonchev–Trinajstić information content (AvgIpc) is 2.93. The van der Waals surface area contributed by atoms with E-state index in [1.807, 2.05) is 0 Å². The van der Waals surface area contributed by atoms with Gasteiger partial charge in [0.25, 0.3) is 11.5 Å². The van der Waals surface area contributed by atoms with Gasteiger partial charge in [-0.2, -0.15) is 0 Å². The van der Waals surface area contributed by atoms with Crippen LogP contribution in [-0.2, 0) is 0 Å². The number of hydrogen-bond acceptors (Lipinski definition) is 5. The summed E-state index contributed by atoms with van der Waals surface area (Å²) in [5.41, 5.74) is -0.884. The minimum absolute atomic E-state index is 0.191. The molecule has 0 aliphatic heterocycles. The zero-order valence-electron chi connectivity index (χ0n) is 15.9. The summed E-state index contributed by atoms with van der Waals surface area (Å²) in [5, 5.41) is 33.1. The van der Waals surface area contributed by atoms with Gasteiger partial charge in [-0.25, -0.2) is 0 Å². The predicted molar refractivity (Wildman–Crippen MR) is 106 cm³/mol. The fourth-order valence-corrected chi connectivity index (χ4v) is 3.92. The zero-order valence-corrected chi connectivity index (χ0v) is 15.9. The molecule has 3 rings (SSSR count). The number of nitrogens with one attached hydrogen (secondary N) is 1. The molecule has 1 fully saturated rings. The quantitative estimate of drug-likeness (QED) is 0.558. The van der Waals surface area contributed by atoms with Gasteiger partial charge in [0.2, 0.25) is 0 Å². The number of pyridine rings is 1. The van der Waals surface area contributed by atoms with Crippen LogP contribution in [0.1, 0.15) is 54.9 Å². The molecule has 1 aliphatic carbocycles. The molecule has 1 aliphatic rings. The molecule has 7 nitrogen and oxygen atoms in total. The summed E-state index contributed by atoms with van der Waals surface area (Å²) in [5.74, 6) is -0.332. The third kappa shape index (κ3) is 4.27. The lowest BCUT2D eigenvalue weighted by molar-refractivity contribution is 0.0247. The molecule has 2 aromatic rings. The Kier molecular flexibility index (Phi) is 6.49. The number of amides is 1. The molecule has 1 aromatic carbocycles. The topological polar surface area (TPSA) is 112 Å². The van der Waals surface area contributed by atoms with Gasteiger partial charge in [0, 0.05) is 29.1 Å². The van der Waals surface area contributed by atoms with E-state index >= 15 is 0 Å². The van der Waals surface area contributed by atoms with E-state index in [4.69, 9.17) is 0 Å². The van der Waals surface area contributed by atoms with Crippen LogP contribution in [0.5, 0.6) is 0 Å². The average molecular weight is 388 g/mol. The highest BCUT2D eigenvalue weighted by atomic mass is 16.3. The van der Waals surface area contributed by atoms with Gasteiger partial charge in [-0.3, -0.25) is 9.59 Å². The van der Waals surface area contributed by atoms with Crippen molar-refractivity contribution in [3.05, 3.63) is 46.4 Å². The van der Waals surface area contributed by atoms with Gasteiger partial charge < -0.3 is 25.2 Å². The van der Waals surface area contributed by atoms with Crippen molar-refractivity contribution >= 4 is 16.7 Å². The third-order valence-electron chi connectivity index (χ3n) is 5.64. The van der Waals surface area contributed by atoms with Crippen LogP contribution in [0.2, 0.25) is 0 Å². The highest BCUT2D eigenvalue weighted by Crippen LogP contribution is 2.26. The van der Waals surface area contributed by atoms with Gasteiger partial charge in [0.1, 0.15) is 0 Å². The number of aromatic nitrogens is 1. The molecule has 152 valence electrons. The van der Waals surface area contributed by atoms with Crippen molar-refractivity contribution in [3.8, 4) is 0 Å². The Labute approximate surface area is 163 Å². The fourth-order valence-electron chi connectivity index (χ4n) is 3.92. The van der Waals surface area contributed by atoms with E-state index in [0.717, 1.165) is 25.7 Å². The molecule has 1 amide bonds. The summed E-state index contributed by atoms with van der Waals surface area (Å²) in [6, 6.07) is 5.82. The molecular weight excluding hydrogens is 360 g/mol. The first-order valence-corrected chi connectivity index (χ1v) is 9.85. The van der Waals surface area contributed by atoms with Crippen molar-refractivity contribution in [1.29, 1.82) is 0 Å². The standard InChI is InChI=1S/C21H28N2O5/c24-12-15(13-25)23-11-8-16-17(6-5-7-18(16)20(23)27)19(26)22-14-21(28)9-3-1-2-4-10-21/h5-8,11,15,24-25,28H,1-4,9-10,12-14H2,(H,22,26). The fraction of sp³-hybridized carbons (Fsp3) is 0.524. The second-order valence-electron chi connectivity index (χ2n) is 7.64. The van der Waals surface area contributed by atoms with Gasteiger partial charge in [-0.15, -0.1) is 0 Å². The Balaban J connectivity index is 1.85. The van der Waals surface area contributed by atoms with E-state index in [1.165, 1.54) is 10.8 Å². The number of fused-ring (bicyclic) bond motifs is 1. The second-order valence-corrected chi connectivity index (χ2v) is 7.64. The minimum Gasteiger partial charge on any atom is -0.394 e. The summed E-state index contributed by atoms with van der Waals surface area (Å²) < 4.78 is 1.28. The molecule has 1 saturated carbocycles. The highest BCUT2D eigenvalue weighted by Gasteiger charge is 2.28. The Bertz CT molecular complexity index is 880. The molecule has 0 unspecified atom stereocenters. The lowest BCUT2D eigenvalue weighted by Gasteiger charge is -2.27. The van der Waals surface area contributed by atoms with Gasteiger partial charge in [0.15, 0.2) is 0 Å². The third-order valence-corrected chi connectivity index (χ3v) is 5.64. The van der Waals surface area contributed by atoms with Crippen molar-refractivity contribution in [1.82, 2.24) is 9.88 Å². The van der Waals surface area contributed by atoms with Gasteiger partial charge >= 0.3 is 0 Å². The molecule has 4 N–H and O–H groups in total. The van der Waals surface area contributed by atoms with Crippen LogP contribution in [-0.4, -0.2) is 51.2 Å². The van der Waals surface area contributed by atoms with Gasteiger partial charge in [0.05, 0.1) is 24.9 Å². The molecule has 1 heterocycles. The van der Waals surface area contributed by atoms with E-state index in [-0.39, 0.29) is 31.2 Å². The molecule has 0 saturated heterocycles. The minimum atomic E-state index is -0.876. The monoisotopic (exact) mass is 388 g/mol. The van der Waals surface area contributed by atoms with E-state index in [2.05, 4.69) is 5.32 Å². The Hall–Kier alpha value is -2.22. The largest absolute Gasteiger partial charge is 0.394 e. The van der Waals surface area contributed by atoms with Crippen LogP contribution in [0.25, 0.3) is 10.8 Å². The molecule has 7 heteroatoms. The number of aliphatic hydroxyl groups is 3. The van der Waals surface area contributed by atoms with Crippen molar-refractivity contribution in [2.24, 2.45) is 0 Å². The number of carbonyl (C=O) groups excluding carboxylic acids is 1. The number of rotatable bonds is 6. The number of benzene rings is 1. The number of hydrogen-bond donors (Lipinski definition) is 4. The van der Waals surface area contributed by atoms with Crippen LogP contribution >= 0.6 is 0 Å². The van der Waals surface area contributed by atoms with E-state index in [1.54, 1.807) is 24.3 Å². The zero-order chi connectivity index (χ0) is 20.1. The maximum absolute atomic E-state index is 12.8. The molecule has 0 atom stereocenters. The van der Waals surface area contributed by atoms with Crippen LogP contribution in [0, 0.1) is 0 Å². The lowest BCUT2D eigenvalue weighted by Crippen LogP contribution is -2.42. The maximum atomic E-state index is 12.8. The molecule has 0 radical (unpaired) electrons. The van der Waals surface area contributed by atoms with Crippen LogP contribution in [0.3, 0.4) is 0 Å². The summed E-state index contributed by atoms with van der Waals surface area (Å²) in [6.45, 7) is -0.530. The molecule has 0 spiro atoms. The van der Waals surface area contributed by atoms with E-state index < -0.39 is 11.6 Å². The highest BCUT2D eigenvalue weighted by molar-refractivity contribution is 6.06. The first-order valence-electron chi connectivity index (χ1n) is 9.85. The van der Waals surface area contributed by atoms with Crippen molar-refractivity contribution < 1.29 is 20.1 Å². The normalized spacial score (nSPS) is 16.9. The maximum Gasteiger partial charge on any atom is 0.258 e. The SMILES string of the molecule is O=C(NCC1(O)CCCCCC1)c1cccc2c(=O)n(C(CO)CO)ccc12. The second kappa shape index (κ2) is 8.86. The molecule has 1 aromatic heterocycles. The summed E-state index contributed by atoms with van der Waals surface area (Å²) in [7, 11) is 0. The Morgan fingerprint density at radius 2 is 1.75 bits per heavy atom. The molecule has 28 heavy (non-hydrogen) atoms. The summed E-state index contributed by atoms with van der Waals surface area (Å²) in [4.78, 5) is 25.5. The predicted octanol–water partition coefficient (Wildman–Crippen LogP) is 1.34. The van der Waals surface area contributed by atoms with E-state index in [9.17, 15) is 24.9 Å². The number of aliphatic hydroxyl groups excluding tert-OH is 2. The van der Waals surface area contributed by atoms with Gasteiger partial charge in [-0.05, 0) is 31.0 Å². The summed E-state index contributed by atoms with van der Waals surface area (Å²) >= 11 is 0. The van der Waals surface area contributed by atoms with Crippen LogP contribution < -0.4 is 10.9 Å². The Morgan fingerprint density at radius 3 is 2.39 bits per heavy atom. The van der Waals surface area contributed by atoms with E-state index in [0.29, 0.717) is 29.2 Å². The summed E-state index contributed by atoms with van der Waals surface area (Å²) in [6.07, 6.45) is 6.96. The van der Waals surface area contributed by atoms with Crippen LogP contribution in [0.4, 0.5) is 0 Å². The van der Waals surface area contributed by atoms with Gasteiger partial charge in [-0.1, -0.05) is 31.7 Å².